The minimum Gasteiger partial charge on any atom is -0.508 e. The summed E-state index contributed by atoms with van der Waals surface area (Å²) < 4.78 is 0. The third-order valence-corrected chi connectivity index (χ3v) is 0.962. The molecule has 2 nitrogen and oxygen atoms in total. The van der Waals surface area contributed by atoms with Crippen LogP contribution >= 0.6 is 0 Å². The van der Waals surface area contributed by atoms with Crippen LogP contribution in [0.2, 0.25) is 0 Å². The fourth-order valence-corrected chi connectivity index (χ4v) is 0.659. The molecule has 0 aromatic heterocycles. The molecule has 0 aliphatic rings. The fraction of sp³-hybridized carbons (Fsp3) is 0. The van der Waals surface area contributed by atoms with Gasteiger partial charge < -0.3 is 10.8 Å². The van der Waals surface area contributed by atoms with Crippen LogP contribution in [-0.4, -0.2) is 13.0 Å². The molecular formula is C6H6BNO. The number of nitrogens with two attached hydrogens (primary N) is 1. The van der Waals surface area contributed by atoms with Crippen molar-refractivity contribution in [3.05, 3.63) is 18.2 Å². The van der Waals surface area contributed by atoms with E-state index in [0.717, 1.165) is 0 Å². The third-order valence-electron chi connectivity index (χ3n) is 0.962. The highest BCUT2D eigenvalue weighted by Gasteiger charge is 1.89. The monoisotopic (exact) mass is 119 g/mol. The zero-order valence-corrected chi connectivity index (χ0v) is 4.83. The number of hydrogen-bond donors (Lipinski definition) is 2. The Balaban J connectivity index is 3.17. The summed E-state index contributed by atoms with van der Waals surface area (Å²) in [5, 5.41) is 8.83. The number of phenols is 1. The fourth-order valence-electron chi connectivity index (χ4n) is 0.659. The van der Waals surface area contributed by atoms with Gasteiger partial charge in [0.05, 0.1) is 0 Å². The maximum atomic E-state index is 8.83. The Bertz CT molecular complexity index is 174. The molecule has 0 atom stereocenters. The minimum absolute atomic E-state index is 0.104. The largest absolute Gasteiger partial charge is 0.508 e. The number of hydrogen-bond acceptors (Lipinski definition) is 2. The van der Waals surface area contributed by atoms with Gasteiger partial charge in [0.15, 0.2) is 0 Å². The van der Waals surface area contributed by atoms with Crippen LogP contribution in [0.25, 0.3) is 0 Å². The zero-order valence-electron chi connectivity index (χ0n) is 4.83. The van der Waals surface area contributed by atoms with E-state index in [9.17, 15) is 0 Å². The van der Waals surface area contributed by atoms with E-state index >= 15 is 0 Å². The molecule has 9 heavy (non-hydrogen) atoms. The van der Waals surface area contributed by atoms with Crippen molar-refractivity contribution in [2.75, 3.05) is 5.73 Å². The second-order valence-corrected chi connectivity index (χ2v) is 1.86. The van der Waals surface area contributed by atoms with Gasteiger partial charge in [-0.1, -0.05) is 5.46 Å². The average Bonchev–Trinajstić information content (AvgIpc) is 1.59. The van der Waals surface area contributed by atoms with Crippen molar-refractivity contribution in [2.24, 2.45) is 0 Å². The molecule has 1 rings (SSSR count). The second kappa shape index (κ2) is 2.01. The molecule has 3 N–H and O–H groups in total. The molecule has 0 saturated heterocycles. The Labute approximate surface area is 54.7 Å². The van der Waals surface area contributed by atoms with Gasteiger partial charge in [0.1, 0.15) is 13.6 Å². The highest BCUT2D eigenvalue weighted by atomic mass is 16.3. The Kier molecular flexibility index (Phi) is 1.34. The van der Waals surface area contributed by atoms with E-state index in [-0.39, 0.29) is 5.75 Å². The van der Waals surface area contributed by atoms with E-state index < -0.39 is 0 Å². The Morgan fingerprint density at radius 1 is 1.33 bits per heavy atom. The molecule has 0 bridgehead atoms. The lowest BCUT2D eigenvalue weighted by Crippen LogP contribution is -2.02. The first-order valence-corrected chi connectivity index (χ1v) is 2.53. The summed E-state index contributed by atoms with van der Waals surface area (Å²) in [4.78, 5) is 0. The lowest BCUT2D eigenvalue weighted by Gasteiger charge is -1.96. The van der Waals surface area contributed by atoms with Gasteiger partial charge in [0, 0.05) is 11.8 Å². The lowest BCUT2D eigenvalue weighted by atomic mass is 9.96. The first-order valence-electron chi connectivity index (χ1n) is 2.53. The predicted octanol–water partition coefficient (Wildman–Crippen LogP) is -0.232. The number of anilines is 1. The number of rotatable bonds is 0. The number of aromatic hydroxyl groups is 1. The van der Waals surface area contributed by atoms with Gasteiger partial charge in [0.2, 0.25) is 0 Å². The molecule has 0 heterocycles. The molecular weight excluding hydrogens is 113 g/mol. The van der Waals surface area contributed by atoms with E-state index in [0.29, 0.717) is 11.2 Å². The van der Waals surface area contributed by atoms with Gasteiger partial charge >= 0.3 is 0 Å². The van der Waals surface area contributed by atoms with E-state index in [1.54, 1.807) is 6.07 Å². The average molecular weight is 119 g/mol. The van der Waals surface area contributed by atoms with Gasteiger partial charge in [-0.25, -0.2) is 0 Å². The summed E-state index contributed by atoms with van der Waals surface area (Å²) in [7, 11) is 5.32. The maximum absolute atomic E-state index is 8.83. The van der Waals surface area contributed by atoms with Crippen LogP contribution in [-0.2, 0) is 0 Å². The van der Waals surface area contributed by atoms with Crippen molar-refractivity contribution in [3.63, 3.8) is 0 Å². The molecule has 0 unspecified atom stereocenters. The highest BCUT2D eigenvalue weighted by Crippen LogP contribution is 2.09. The van der Waals surface area contributed by atoms with Gasteiger partial charge in [-0.3, -0.25) is 0 Å². The Morgan fingerprint density at radius 3 is 2.44 bits per heavy atom. The normalized spacial score (nSPS) is 9.33. The van der Waals surface area contributed by atoms with Crippen LogP contribution < -0.4 is 11.2 Å². The maximum Gasteiger partial charge on any atom is 0.117 e. The van der Waals surface area contributed by atoms with Gasteiger partial charge in [0.25, 0.3) is 0 Å². The van der Waals surface area contributed by atoms with Gasteiger partial charge in [-0.2, -0.15) is 0 Å². The van der Waals surface area contributed by atoms with Crippen LogP contribution in [0.15, 0.2) is 18.2 Å². The first kappa shape index (κ1) is 6.01. The van der Waals surface area contributed by atoms with Crippen LogP contribution in [0.5, 0.6) is 5.75 Å². The highest BCUT2D eigenvalue weighted by molar-refractivity contribution is 6.32. The number of benzene rings is 1. The molecule has 1 aromatic carbocycles. The molecule has 3 heteroatoms. The van der Waals surface area contributed by atoms with Crippen molar-refractivity contribution < 1.29 is 5.11 Å². The van der Waals surface area contributed by atoms with Crippen LogP contribution in [0.3, 0.4) is 0 Å². The molecule has 0 amide bonds. The van der Waals surface area contributed by atoms with E-state index in [1.165, 1.54) is 12.1 Å². The number of phenolic OH excluding ortho intramolecular Hbond substituents is 1. The first-order chi connectivity index (χ1) is 4.18. The summed E-state index contributed by atoms with van der Waals surface area (Å²) in [6.07, 6.45) is 0. The van der Waals surface area contributed by atoms with E-state index in [2.05, 4.69) is 0 Å². The molecule has 44 valence electrons. The topological polar surface area (TPSA) is 46.2 Å². The third kappa shape index (κ3) is 1.39. The molecule has 2 radical (unpaired) electrons. The second-order valence-electron chi connectivity index (χ2n) is 1.86. The van der Waals surface area contributed by atoms with Crippen molar-refractivity contribution in [1.82, 2.24) is 0 Å². The zero-order chi connectivity index (χ0) is 6.85. The lowest BCUT2D eigenvalue weighted by molar-refractivity contribution is 0.476. The van der Waals surface area contributed by atoms with E-state index in [4.69, 9.17) is 18.7 Å². The van der Waals surface area contributed by atoms with Gasteiger partial charge in [-0.05, 0) is 12.1 Å². The van der Waals surface area contributed by atoms with Crippen LogP contribution in [0.1, 0.15) is 0 Å². The molecule has 0 fully saturated rings. The Hall–Kier alpha value is -1.12. The summed E-state index contributed by atoms with van der Waals surface area (Å²) in [6, 6.07) is 4.46. The summed E-state index contributed by atoms with van der Waals surface area (Å²) in [5.41, 5.74) is 6.28. The molecule has 1 aromatic rings. The number of nitrogen functional groups attached to an aromatic ring is 1. The molecule has 0 aliphatic carbocycles. The van der Waals surface area contributed by atoms with Crippen molar-refractivity contribution in [1.29, 1.82) is 0 Å². The van der Waals surface area contributed by atoms with Crippen LogP contribution in [0, 0.1) is 0 Å². The smallest absolute Gasteiger partial charge is 0.117 e. The summed E-state index contributed by atoms with van der Waals surface area (Å²) in [6.45, 7) is 0. The van der Waals surface area contributed by atoms with Crippen LogP contribution in [0.4, 0.5) is 5.69 Å². The quantitative estimate of drug-likeness (QED) is 0.366. The van der Waals surface area contributed by atoms with Gasteiger partial charge in [-0.15, -0.1) is 0 Å². The minimum atomic E-state index is 0.104. The summed E-state index contributed by atoms with van der Waals surface area (Å²) in [5.74, 6) is 0.104. The Morgan fingerprint density at radius 2 is 2.00 bits per heavy atom. The predicted molar refractivity (Wildman–Crippen MR) is 37.9 cm³/mol. The molecule has 0 spiro atoms. The molecule has 0 aliphatic heterocycles. The standard InChI is InChI=1S/C6H6BNO/c7-4-1-5(8)3-6(9)2-4/h1-3,9H,8H2. The summed E-state index contributed by atoms with van der Waals surface area (Å²) >= 11 is 0. The van der Waals surface area contributed by atoms with E-state index in [1.807, 2.05) is 0 Å². The van der Waals surface area contributed by atoms with Crippen molar-refractivity contribution in [3.8, 4) is 5.75 Å². The SMILES string of the molecule is [B]c1cc(N)cc(O)c1. The van der Waals surface area contributed by atoms with Crippen molar-refractivity contribution >= 4 is 19.0 Å². The van der Waals surface area contributed by atoms with Crippen molar-refractivity contribution in [2.45, 2.75) is 0 Å². The molecule has 0 saturated carbocycles.